The van der Waals surface area contributed by atoms with E-state index >= 15 is 0 Å². The first-order valence-corrected chi connectivity index (χ1v) is 8.49. The molecule has 0 bridgehead atoms. The standard InChI is InChI=1S/C20H26N2O4/c1-20(2,3)26-19(24)21-8-9-25-18-12-15-11-17(22(4)5)7-6-14(15)10-16(18)13-23/h6-7,10-13H,8-9H2,1-5H3,(H,21,24). The molecule has 140 valence electrons. The van der Waals surface area contributed by atoms with Crippen molar-refractivity contribution < 1.29 is 19.1 Å². The fourth-order valence-electron chi connectivity index (χ4n) is 2.41. The maximum absolute atomic E-state index is 11.6. The van der Waals surface area contributed by atoms with Crippen molar-refractivity contribution in [1.82, 2.24) is 5.32 Å². The van der Waals surface area contributed by atoms with Crippen molar-refractivity contribution in [2.75, 3.05) is 32.1 Å². The van der Waals surface area contributed by atoms with Crippen LogP contribution in [0.4, 0.5) is 10.5 Å². The maximum atomic E-state index is 11.6. The van der Waals surface area contributed by atoms with E-state index in [1.54, 1.807) is 26.8 Å². The quantitative estimate of drug-likeness (QED) is 0.631. The van der Waals surface area contributed by atoms with Crippen LogP contribution in [0.15, 0.2) is 30.3 Å². The molecule has 26 heavy (non-hydrogen) atoms. The van der Waals surface area contributed by atoms with Crippen LogP contribution in [-0.2, 0) is 4.74 Å². The largest absolute Gasteiger partial charge is 0.491 e. The van der Waals surface area contributed by atoms with Crippen LogP contribution in [0, 0.1) is 0 Å². The predicted octanol–water partition coefficient (Wildman–Crippen LogP) is 3.62. The average molecular weight is 358 g/mol. The van der Waals surface area contributed by atoms with Gasteiger partial charge in [0, 0.05) is 19.8 Å². The third-order valence-corrected chi connectivity index (χ3v) is 3.62. The van der Waals surface area contributed by atoms with Gasteiger partial charge < -0.3 is 19.7 Å². The summed E-state index contributed by atoms with van der Waals surface area (Å²) < 4.78 is 10.9. The zero-order chi connectivity index (χ0) is 19.3. The van der Waals surface area contributed by atoms with E-state index in [1.807, 2.05) is 43.3 Å². The van der Waals surface area contributed by atoms with Crippen molar-refractivity contribution >= 4 is 28.8 Å². The number of alkyl carbamates (subject to hydrolysis) is 1. The number of amides is 1. The first-order valence-electron chi connectivity index (χ1n) is 8.49. The van der Waals surface area contributed by atoms with Gasteiger partial charge in [0.25, 0.3) is 0 Å². The third kappa shape index (κ3) is 5.37. The highest BCUT2D eigenvalue weighted by molar-refractivity contribution is 5.93. The molecule has 0 aliphatic carbocycles. The molecule has 0 unspecified atom stereocenters. The summed E-state index contributed by atoms with van der Waals surface area (Å²) in [5, 5.41) is 4.58. The topological polar surface area (TPSA) is 67.9 Å². The molecule has 2 aromatic carbocycles. The van der Waals surface area contributed by atoms with Gasteiger partial charge in [0.15, 0.2) is 6.29 Å². The van der Waals surface area contributed by atoms with Gasteiger partial charge in [-0.2, -0.15) is 0 Å². The maximum Gasteiger partial charge on any atom is 0.407 e. The number of hydrogen-bond acceptors (Lipinski definition) is 5. The minimum absolute atomic E-state index is 0.235. The summed E-state index contributed by atoms with van der Waals surface area (Å²) in [6, 6.07) is 9.67. The first-order chi connectivity index (χ1) is 12.2. The van der Waals surface area contributed by atoms with Crippen molar-refractivity contribution in [2.24, 2.45) is 0 Å². The van der Waals surface area contributed by atoms with E-state index in [2.05, 4.69) is 5.32 Å². The second-order valence-electron chi connectivity index (χ2n) is 7.21. The van der Waals surface area contributed by atoms with Crippen LogP contribution in [0.25, 0.3) is 10.8 Å². The van der Waals surface area contributed by atoms with Crippen LogP contribution in [0.5, 0.6) is 5.75 Å². The number of nitrogens with one attached hydrogen (secondary N) is 1. The van der Waals surface area contributed by atoms with Crippen molar-refractivity contribution in [1.29, 1.82) is 0 Å². The zero-order valence-corrected chi connectivity index (χ0v) is 16.0. The number of hydrogen-bond donors (Lipinski definition) is 1. The lowest BCUT2D eigenvalue weighted by molar-refractivity contribution is 0.0520. The molecular weight excluding hydrogens is 332 g/mol. The minimum Gasteiger partial charge on any atom is -0.491 e. The molecule has 0 saturated carbocycles. The Hall–Kier alpha value is -2.76. The Kier molecular flexibility index (Phi) is 6.08. The lowest BCUT2D eigenvalue weighted by Gasteiger charge is -2.19. The number of rotatable bonds is 6. The van der Waals surface area contributed by atoms with Crippen LogP contribution in [0.2, 0.25) is 0 Å². The summed E-state index contributed by atoms with van der Waals surface area (Å²) in [7, 11) is 3.95. The molecule has 0 aliphatic heterocycles. The van der Waals surface area contributed by atoms with Gasteiger partial charge in [0.2, 0.25) is 0 Å². The van der Waals surface area contributed by atoms with Gasteiger partial charge in [-0.15, -0.1) is 0 Å². The highest BCUT2D eigenvalue weighted by Gasteiger charge is 2.15. The molecule has 0 saturated heterocycles. The van der Waals surface area contributed by atoms with Gasteiger partial charge in [0.05, 0.1) is 12.1 Å². The summed E-state index contributed by atoms with van der Waals surface area (Å²) in [4.78, 5) is 25.0. The summed E-state index contributed by atoms with van der Waals surface area (Å²) in [5.74, 6) is 0.495. The molecule has 2 rings (SSSR count). The Bertz CT molecular complexity index is 794. The molecule has 2 aromatic rings. The molecule has 1 N–H and O–H groups in total. The second kappa shape index (κ2) is 8.08. The van der Waals surface area contributed by atoms with Crippen molar-refractivity contribution in [3.63, 3.8) is 0 Å². The van der Waals surface area contributed by atoms with Gasteiger partial charge in [-0.05, 0) is 55.8 Å². The molecule has 0 radical (unpaired) electrons. The van der Waals surface area contributed by atoms with Gasteiger partial charge in [-0.3, -0.25) is 4.79 Å². The Morgan fingerprint density at radius 3 is 2.50 bits per heavy atom. The van der Waals surface area contributed by atoms with Gasteiger partial charge >= 0.3 is 6.09 Å². The second-order valence-corrected chi connectivity index (χ2v) is 7.21. The highest BCUT2D eigenvalue weighted by atomic mass is 16.6. The zero-order valence-electron chi connectivity index (χ0n) is 16.0. The average Bonchev–Trinajstić information content (AvgIpc) is 2.55. The van der Waals surface area contributed by atoms with E-state index in [0.29, 0.717) is 11.3 Å². The SMILES string of the molecule is CN(C)c1ccc2cc(C=O)c(OCCNC(=O)OC(C)(C)C)cc2c1. The fourth-order valence-corrected chi connectivity index (χ4v) is 2.41. The van der Waals surface area contributed by atoms with Crippen molar-refractivity contribution in [3.8, 4) is 5.75 Å². The summed E-state index contributed by atoms with van der Waals surface area (Å²) in [6.45, 7) is 5.92. The molecule has 6 nitrogen and oxygen atoms in total. The molecule has 0 heterocycles. The van der Waals surface area contributed by atoms with Crippen LogP contribution >= 0.6 is 0 Å². The molecule has 0 atom stereocenters. The molecule has 0 spiro atoms. The molecule has 1 amide bonds. The lowest BCUT2D eigenvalue weighted by Crippen LogP contribution is -2.34. The van der Waals surface area contributed by atoms with E-state index in [0.717, 1.165) is 22.7 Å². The van der Waals surface area contributed by atoms with E-state index in [4.69, 9.17) is 9.47 Å². The van der Waals surface area contributed by atoms with Crippen molar-refractivity contribution in [3.05, 3.63) is 35.9 Å². The number of benzene rings is 2. The third-order valence-electron chi connectivity index (χ3n) is 3.62. The molecule has 0 fully saturated rings. The monoisotopic (exact) mass is 358 g/mol. The number of fused-ring (bicyclic) bond motifs is 1. The molecular formula is C20H26N2O4. The Labute approximate surface area is 154 Å². The molecule has 0 aliphatic rings. The first kappa shape index (κ1) is 19.6. The van der Waals surface area contributed by atoms with Gasteiger partial charge in [-0.1, -0.05) is 6.07 Å². The Balaban J connectivity index is 2.05. The number of aldehydes is 1. The van der Waals surface area contributed by atoms with Crippen LogP contribution in [-0.4, -0.2) is 45.2 Å². The Morgan fingerprint density at radius 2 is 1.88 bits per heavy atom. The van der Waals surface area contributed by atoms with Crippen LogP contribution < -0.4 is 15.0 Å². The highest BCUT2D eigenvalue weighted by Crippen LogP contribution is 2.28. The Morgan fingerprint density at radius 1 is 1.15 bits per heavy atom. The van der Waals surface area contributed by atoms with E-state index in [1.165, 1.54) is 0 Å². The van der Waals surface area contributed by atoms with Crippen LogP contribution in [0.1, 0.15) is 31.1 Å². The predicted molar refractivity (Wildman–Crippen MR) is 103 cm³/mol. The summed E-state index contributed by atoms with van der Waals surface area (Å²) in [6.07, 6.45) is 0.279. The van der Waals surface area contributed by atoms with Gasteiger partial charge in [-0.25, -0.2) is 4.79 Å². The number of ether oxygens (including phenoxy) is 2. The van der Waals surface area contributed by atoms with E-state index in [9.17, 15) is 9.59 Å². The van der Waals surface area contributed by atoms with E-state index in [-0.39, 0.29) is 13.2 Å². The number of carbonyl (C=O) groups excluding carboxylic acids is 2. The summed E-state index contributed by atoms with van der Waals surface area (Å²) in [5.41, 5.74) is 0.999. The minimum atomic E-state index is -0.544. The van der Waals surface area contributed by atoms with Crippen molar-refractivity contribution in [2.45, 2.75) is 26.4 Å². The number of nitrogens with zero attached hydrogens (tertiary/aromatic N) is 1. The van der Waals surface area contributed by atoms with E-state index < -0.39 is 11.7 Å². The number of anilines is 1. The fraction of sp³-hybridized carbons (Fsp3) is 0.400. The smallest absolute Gasteiger partial charge is 0.407 e. The summed E-state index contributed by atoms with van der Waals surface area (Å²) >= 11 is 0. The number of carbonyl (C=O) groups is 2. The van der Waals surface area contributed by atoms with Gasteiger partial charge in [0.1, 0.15) is 18.0 Å². The lowest BCUT2D eigenvalue weighted by atomic mass is 10.1. The normalized spacial score (nSPS) is 11.1. The van der Waals surface area contributed by atoms with Crippen LogP contribution in [0.3, 0.4) is 0 Å². The molecule has 6 heteroatoms. The molecule has 0 aromatic heterocycles.